The second-order valence-corrected chi connectivity index (χ2v) is 7.90. The van der Waals surface area contributed by atoms with Crippen LogP contribution in [0.15, 0.2) is 83.1 Å². The van der Waals surface area contributed by atoms with Crippen LogP contribution in [-0.2, 0) is 6.42 Å². The summed E-state index contributed by atoms with van der Waals surface area (Å²) >= 11 is 0. The topological polar surface area (TPSA) is 66.0 Å². The van der Waals surface area contributed by atoms with Crippen LogP contribution in [0.1, 0.15) is 48.0 Å². The lowest BCUT2D eigenvalue weighted by Gasteiger charge is -2.25. The molecule has 1 N–H and O–H groups in total. The van der Waals surface area contributed by atoms with E-state index in [-0.39, 0.29) is 11.7 Å². The van der Waals surface area contributed by atoms with Gasteiger partial charge in [0.1, 0.15) is 6.07 Å². The zero-order valence-electron chi connectivity index (χ0n) is 16.9. The number of benzene rings is 2. The van der Waals surface area contributed by atoms with Crippen molar-refractivity contribution in [2.45, 2.75) is 27.2 Å². The van der Waals surface area contributed by atoms with E-state index in [0.29, 0.717) is 11.3 Å². The molecule has 2 aromatic carbocycles. The van der Waals surface area contributed by atoms with Gasteiger partial charge in [-0.1, -0.05) is 75.4 Å². The molecule has 3 aromatic rings. The molecule has 146 valence electrons. The Kier molecular flexibility index (Phi) is 5.99. The van der Waals surface area contributed by atoms with Gasteiger partial charge in [0, 0.05) is 11.1 Å². The molecule has 0 saturated heterocycles. The maximum absolute atomic E-state index is 12.5. The highest BCUT2D eigenvalue weighted by molar-refractivity contribution is 5.95. The van der Waals surface area contributed by atoms with Crippen molar-refractivity contribution in [2.75, 3.05) is 0 Å². The van der Waals surface area contributed by atoms with Crippen LogP contribution in [0.4, 0.5) is 0 Å². The number of furan rings is 1. The minimum absolute atomic E-state index is 0.210. The first-order chi connectivity index (χ1) is 13.9. The second kappa shape index (κ2) is 8.62. The normalized spacial score (nSPS) is 12.1. The molecule has 0 aliphatic carbocycles. The smallest absolute Gasteiger partial charge is 0.291 e. The van der Waals surface area contributed by atoms with Gasteiger partial charge in [0.15, 0.2) is 5.76 Å². The van der Waals surface area contributed by atoms with Gasteiger partial charge in [0.2, 0.25) is 0 Å². The summed E-state index contributed by atoms with van der Waals surface area (Å²) in [5, 5.41) is 12.8. The average Bonchev–Trinajstić information content (AvgIpc) is 3.24. The average molecular weight is 384 g/mol. The van der Waals surface area contributed by atoms with Gasteiger partial charge in [-0.15, -0.1) is 0 Å². The van der Waals surface area contributed by atoms with Gasteiger partial charge in [0.05, 0.1) is 11.8 Å². The molecule has 0 aliphatic rings. The number of carbonyl (C=O) groups is 1. The molecule has 4 heteroatoms. The highest BCUT2D eigenvalue weighted by atomic mass is 16.3. The highest BCUT2D eigenvalue weighted by Gasteiger charge is 2.25. The largest absolute Gasteiger partial charge is 0.459 e. The molecule has 0 unspecified atom stereocenters. The Hall–Kier alpha value is -3.58. The zero-order chi connectivity index (χ0) is 20.9. The minimum Gasteiger partial charge on any atom is -0.459 e. The third-order valence-electron chi connectivity index (χ3n) is 4.59. The van der Waals surface area contributed by atoms with E-state index in [0.717, 1.165) is 17.5 Å². The fourth-order valence-corrected chi connectivity index (χ4v) is 3.09. The van der Waals surface area contributed by atoms with Crippen molar-refractivity contribution in [3.8, 4) is 6.07 Å². The lowest BCUT2D eigenvalue weighted by molar-refractivity contribution is 0.0930. The molecule has 29 heavy (non-hydrogen) atoms. The number of nitrogens with zero attached hydrogens (tertiary/aromatic N) is 1. The van der Waals surface area contributed by atoms with Gasteiger partial charge >= 0.3 is 0 Å². The first-order valence-corrected chi connectivity index (χ1v) is 9.51. The molecular weight excluding hydrogens is 360 g/mol. The van der Waals surface area contributed by atoms with E-state index in [1.807, 2.05) is 63.2 Å². The zero-order valence-corrected chi connectivity index (χ0v) is 16.9. The van der Waals surface area contributed by atoms with Crippen molar-refractivity contribution in [3.05, 3.63) is 101 Å². The van der Waals surface area contributed by atoms with E-state index >= 15 is 0 Å². The number of amides is 1. The molecule has 0 spiro atoms. The Labute approximate surface area is 171 Å². The second-order valence-electron chi connectivity index (χ2n) is 7.90. The SMILES string of the molecule is CC(C)(C)/C(NC(=O)c1ccco1)=C(\C#N)c1ccc(Cc2ccccc2)cc1. The third-order valence-corrected chi connectivity index (χ3v) is 4.59. The number of rotatable bonds is 5. The van der Waals surface area contributed by atoms with Crippen LogP contribution < -0.4 is 5.32 Å². The first kappa shape index (κ1) is 20.2. The maximum Gasteiger partial charge on any atom is 0.291 e. The van der Waals surface area contributed by atoms with Crippen LogP contribution in [0.25, 0.3) is 5.57 Å². The van der Waals surface area contributed by atoms with Crippen molar-refractivity contribution in [2.24, 2.45) is 5.41 Å². The van der Waals surface area contributed by atoms with Crippen molar-refractivity contribution in [1.82, 2.24) is 5.32 Å². The van der Waals surface area contributed by atoms with E-state index in [2.05, 4.69) is 23.5 Å². The number of nitrogens with one attached hydrogen (secondary N) is 1. The molecule has 1 heterocycles. The minimum atomic E-state index is -0.434. The first-order valence-electron chi connectivity index (χ1n) is 9.51. The summed E-state index contributed by atoms with van der Waals surface area (Å²) < 4.78 is 5.18. The molecular formula is C25H24N2O2. The Morgan fingerprint density at radius 2 is 1.62 bits per heavy atom. The fraction of sp³-hybridized carbons (Fsp3) is 0.200. The summed E-state index contributed by atoms with van der Waals surface area (Å²) in [5.41, 5.74) is 3.75. The van der Waals surface area contributed by atoms with Crippen molar-refractivity contribution in [3.63, 3.8) is 0 Å². The standard InChI is InChI=1S/C25H24N2O2/c1-25(2,3)23(27-24(28)22-10-7-15-29-22)21(17-26)20-13-11-19(12-14-20)16-18-8-5-4-6-9-18/h4-15H,16H2,1-3H3,(H,27,28)/b23-21-. The summed E-state index contributed by atoms with van der Waals surface area (Å²) in [6, 6.07) is 23.7. The van der Waals surface area contributed by atoms with Gasteiger partial charge < -0.3 is 9.73 Å². The lowest BCUT2D eigenvalue weighted by Crippen LogP contribution is -2.31. The van der Waals surface area contributed by atoms with Gasteiger partial charge in [-0.25, -0.2) is 0 Å². The summed E-state index contributed by atoms with van der Waals surface area (Å²) in [7, 11) is 0. The van der Waals surface area contributed by atoms with Crippen molar-refractivity contribution < 1.29 is 9.21 Å². The molecule has 1 aromatic heterocycles. The van der Waals surface area contributed by atoms with Crippen molar-refractivity contribution in [1.29, 1.82) is 5.26 Å². The van der Waals surface area contributed by atoms with Gasteiger partial charge in [-0.2, -0.15) is 5.26 Å². The highest BCUT2D eigenvalue weighted by Crippen LogP contribution is 2.31. The van der Waals surface area contributed by atoms with Crippen LogP contribution in [0.5, 0.6) is 0 Å². The predicted octanol–water partition coefficient (Wildman–Crippen LogP) is 5.58. The molecule has 0 radical (unpaired) electrons. The molecule has 1 amide bonds. The van der Waals surface area contributed by atoms with E-state index in [9.17, 15) is 10.1 Å². The predicted molar refractivity (Wildman–Crippen MR) is 114 cm³/mol. The number of hydrogen-bond donors (Lipinski definition) is 1. The Balaban J connectivity index is 1.91. The Morgan fingerprint density at radius 1 is 0.966 bits per heavy atom. The molecule has 0 atom stereocenters. The van der Waals surface area contributed by atoms with E-state index < -0.39 is 5.41 Å². The van der Waals surface area contributed by atoms with Crippen LogP contribution in [0.3, 0.4) is 0 Å². The number of carbonyl (C=O) groups excluding carboxylic acids is 1. The van der Waals surface area contributed by atoms with Gasteiger partial charge in [0.25, 0.3) is 5.91 Å². The molecule has 0 saturated carbocycles. The van der Waals surface area contributed by atoms with Crippen molar-refractivity contribution >= 4 is 11.5 Å². The summed E-state index contributed by atoms with van der Waals surface area (Å²) in [6.45, 7) is 5.89. The monoisotopic (exact) mass is 384 g/mol. The van der Waals surface area contributed by atoms with Gasteiger partial charge in [-0.3, -0.25) is 4.79 Å². The lowest BCUT2D eigenvalue weighted by atomic mass is 9.86. The van der Waals surface area contributed by atoms with Crippen LogP contribution in [0.2, 0.25) is 0 Å². The van der Waals surface area contributed by atoms with Crippen LogP contribution in [-0.4, -0.2) is 5.91 Å². The van der Waals surface area contributed by atoms with E-state index in [1.165, 1.54) is 11.8 Å². The van der Waals surface area contributed by atoms with E-state index in [1.54, 1.807) is 12.1 Å². The van der Waals surface area contributed by atoms with Gasteiger partial charge in [-0.05, 0) is 35.2 Å². The third kappa shape index (κ3) is 5.03. The number of nitriles is 1. The quantitative estimate of drug-likeness (QED) is 0.584. The summed E-state index contributed by atoms with van der Waals surface area (Å²) in [5.74, 6) is -0.157. The molecule has 4 nitrogen and oxygen atoms in total. The molecule has 3 rings (SSSR count). The van der Waals surface area contributed by atoms with E-state index in [4.69, 9.17) is 4.42 Å². The molecule has 0 bridgehead atoms. The fourth-order valence-electron chi connectivity index (χ4n) is 3.09. The number of allylic oxidation sites excluding steroid dienone is 2. The van der Waals surface area contributed by atoms with Crippen LogP contribution in [0, 0.1) is 16.7 Å². The summed E-state index contributed by atoms with van der Waals surface area (Å²) in [4.78, 5) is 12.5. The Morgan fingerprint density at radius 3 is 2.17 bits per heavy atom. The number of hydrogen-bond acceptors (Lipinski definition) is 3. The Bertz CT molecular complexity index is 1030. The molecule has 0 aliphatic heterocycles. The maximum atomic E-state index is 12.5. The molecule has 0 fully saturated rings. The summed E-state index contributed by atoms with van der Waals surface area (Å²) in [6.07, 6.45) is 2.28. The van der Waals surface area contributed by atoms with Crippen LogP contribution >= 0.6 is 0 Å².